The molecule has 4 nitrogen and oxygen atoms in total. The first-order chi connectivity index (χ1) is 12.7. The number of thiocarbonyl (C=S) groups is 1. The molecule has 27 heavy (non-hydrogen) atoms. The third-order valence-corrected chi connectivity index (χ3v) is 4.98. The Morgan fingerprint density at radius 2 is 1.81 bits per heavy atom. The quantitative estimate of drug-likeness (QED) is 0.583. The smallest absolute Gasteiger partial charge is 0.416 e. The Balaban J connectivity index is 1.90. The number of carboxylic acids is 1. The minimum Gasteiger partial charge on any atom is -0.478 e. The zero-order chi connectivity index (χ0) is 19.8. The number of benzene rings is 2. The molecule has 138 valence electrons. The molecular formula is C18H10F3NO3S2. The van der Waals surface area contributed by atoms with Gasteiger partial charge in [0.25, 0.3) is 5.91 Å². The van der Waals surface area contributed by atoms with Gasteiger partial charge in [0, 0.05) is 0 Å². The fraction of sp³-hybridized carbons (Fsp3) is 0.0556. The number of amides is 1. The number of thioether (sulfide) groups is 1. The minimum atomic E-state index is -4.53. The van der Waals surface area contributed by atoms with Gasteiger partial charge in [-0.15, -0.1) is 0 Å². The number of hydrogen-bond donors (Lipinski definition) is 1. The number of alkyl halides is 3. The van der Waals surface area contributed by atoms with Crippen LogP contribution in [0.1, 0.15) is 21.5 Å². The summed E-state index contributed by atoms with van der Waals surface area (Å²) in [5, 5.41) is 8.90. The molecule has 1 heterocycles. The van der Waals surface area contributed by atoms with Crippen molar-refractivity contribution in [1.29, 1.82) is 0 Å². The number of carbonyl (C=O) groups is 2. The second-order valence-electron chi connectivity index (χ2n) is 5.49. The highest BCUT2D eigenvalue weighted by Crippen LogP contribution is 2.38. The van der Waals surface area contributed by atoms with Crippen LogP contribution in [-0.4, -0.2) is 21.3 Å². The molecule has 2 aromatic carbocycles. The molecule has 1 N–H and O–H groups in total. The van der Waals surface area contributed by atoms with E-state index in [0.717, 1.165) is 28.8 Å². The van der Waals surface area contributed by atoms with Gasteiger partial charge in [-0.3, -0.25) is 9.69 Å². The Hall–Kier alpha value is -2.65. The molecular weight excluding hydrogens is 399 g/mol. The molecule has 0 radical (unpaired) electrons. The second kappa shape index (κ2) is 7.16. The van der Waals surface area contributed by atoms with E-state index in [4.69, 9.17) is 17.3 Å². The number of anilines is 1. The standard InChI is InChI=1S/C18H10F3NO3S2/c19-18(20,21)12-2-1-3-13(9-12)22-15(23)14(27-17(22)26)8-10-4-6-11(7-5-10)16(24)25/h1-9H,(H,24,25)/b14-8+. The Bertz CT molecular complexity index is 969. The number of carboxylic acid groups (broad SMARTS) is 1. The number of hydrogen-bond acceptors (Lipinski definition) is 4. The third kappa shape index (κ3) is 4.04. The average Bonchev–Trinajstić information content (AvgIpc) is 2.88. The molecule has 2 aromatic rings. The lowest BCUT2D eigenvalue weighted by Gasteiger charge is -2.16. The lowest BCUT2D eigenvalue weighted by molar-refractivity contribution is -0.137. The maximum atomic E-state index is 12.9. The van der Waals surface area contributed by atoms with Crippen molar-refractivity contribution in [2.45, 2.75) is 6.18 Å². The van der Waals surface area contributed by atoms with E-state index in [1.807, 2.05) is 0 Å². The molecule has 3 rings (SSSR count). The van der Waals surface area contributed by atoms with Crippen LogP contribution in [0.15, 0.2) is 53.4 Å². The van der Waals surface area contributed by atoms with Crippen LogP contribution in [0.2, 0.25) is 0 Å². The largest absolute Gasteiger partial charge is 0.478 e. The van der Waals surface area contributed by atoms with Gasteiger partial charge in [0.1, 0.15) is 0 Å². The summed E-state index contributed by atoms with van der Waals surface area (Å²) in [5.41, 5.74) is -0.160. The first-order valence-corrected chi connectivity index (χ1v) is 8.68. The SMILES string of the molecule is O=C(O)c1ccc(/C=C2/SC(=S)N(c3cccc(C(F)(F)F)c3)C2=O)cc1. The predicted octanol–water partition coefficient (Wildman–Crippen LogP) is 4.81. The van der Waals surface area contributed by atoms with Crippen LogP contribution in [0.25, 0.3) is 6.08 Å². The van der Waals surface area contributed by atoms with Crippen LogP contribution >= 0.6 is 24.0 Å². The summed E-state index contributed by atoms with van der Waals surface area (Å²) < 4.78 is 38.8. The predicted molar refractivity (Wildman–Crippen MR) is 100 cm³/mol. The number of halogens is 3. The van der Waals surface area contributed by atoms with Gasteiger partial charge >= 0.3 is 12.1 Å². The molecule has 0 aliphatic carbocycles. The molecule has 1 aliphatic rings. The fourth-order valence-electron chi connectivity index (χ4n) is 2.38. The van der Waals surface area contributed by atoms with Crippen molar-refractivity contribution >= 4 is 51.9 Å². The highest BCUT2D eigenvalue weighted by Gasteiger charge is 2.36. The zero-order valence-corrected chi connectivity index (χ0v) is 15.0. The van der Waals surface area contributed by atoms with Crippen molar-refractivity contribution in [3.63, 3.8) is 0 Å². The number of aromatic carboxylic acids is 1. The van der Waals surface area contributed by atoms with Gasteiger partial charge in [0.2, 0.25) is 0 Å². The van der Waals surface area contributed by atoms with Crippen LogP contribution in [0, 0.1) is 0 Å². The Morgan fingerprint density at radius 1 is 1.15 bits per heavy atom. The minimum absolute atomic E-state index is 0.0388. The molecule has 1 fully saturated rings. The van der Waals surface area contributed by atoms with E-state index in [2.05, 4.69) is 0 Å². The molecule has 1 saturated heterocycles. The van der Waals surface area contributed by atoms with E-state index in [9.17, 15) is 22.8 Å². The number of nitrogens with zero attached hydrogens (tertiary/aromatic N) is 1. The molecule has 0 bridgehead atoms. The second-order valence-corrected chi connectivity index (χ2v) is 7.17. The molecule has 0 aromatic heterocycles. The van der Waals surface area contributed by atoms with Gasteiger partial charge in [-0.25, -0.2) is 4.79 Å². The monoisotopic (exact) mass is 409 g/mol. The van der Waals surface area contributed by atoms with Crippen molar-refractivity contribution in [1.82, 2.24) is 0 Å². The van der Waals surface area contributed by atoms with Gasteiger partial charge < -0.3 is 5.11 Å². The maximum absolute atomic E-state index is 12.9. The van der Waals surface area contributed by atoms with Gasteiger partial charge in [-0.1, -0.05) is 42.2 Å². The molecule has 0 spiro atoms. The number of rotatable bonds is 3. The van der Waals surface area contributed by atoms with Crippen molar-refractivity contribution in [3.8, 4) is 0 Å². The van der Waals surface area contributed by atoms with E-state index < -0.39 is 23.6 Å². The first-order valence-electron chi connectivity index (χ1n) is 7.45. The Kier molecular flexibility index (Phi) is 5.07. The van der Waals surface area contributed by atoms with Crippen LogP contribution in [0.4, 0.5) is 18.9 Å². The van der Waals surface area contributed by atoms with E-state index >= 15 is 0 Å². The van der Waals surface area contributed by atoms with Crippen molar-refractivity contribution in [2.24, 2.45) is 0 Å². The van der Waals surface area contributed by atoms with E-state index in [1.165, 1.54) is 42.5 Å². The van der Waals surface area contributed by atoms with E-state index in [-0.39, 0.29) is 20.5 Å². The van der Waals surface area contributed by atoms with E-state index in [1.54, 1.807) is 0 Å². The van der Waals surface area contributed by atoms with Crippen molar-refractivity contribution < 1.29 is 27.9 Å². The third-order valence-electron chi connectivity index (χ3n) is 3.68. The van der Waals surface area contributed by atoms with Crippen LogP contribution in [0.5, 0.6) is 0 Å². The van der Waals surface area contributed by atoms with E-state index in [0.29, 0.717) is 5.56 Å². The lowest BCUT2D eigenvalue weighted by Crippen LogP contribution is -2.27. The van der Waals surface area contributed by atoms with Crippen LogP contribution < -0.4 is 4.90 Å². The maximum Gasteiger partial charge on any atom is 0.416 e. The molecule has 0 atom stereocenters. The summed E-state index contributed by atoms with van der Waals surface area (Å²) in [5.74, 6) is -1.61. The highest BCUT2D eigenvalue weighted by atomic mass is 32.2. The molecule has 0 saturated carbocycles. The Morgan fingerprint density at radius 3 is 2.41 bits per heavy atom. The van der Waals surface area contributed by atoms with Gasteiger partial charge in [-0.2, -0.15) is 13.2 Å². The average molecular weight is 409 g/mol. The number of carbonyl (C=O) groups excluding carboxylic acids is 1. The summed E-state index contributed by atoms with van der Waals surface area (Å²) in [7, 11) is 0. The first kappa shape index (κ1) is 19.1. The highest BCUT2D eigenvalue weighted by molar-refractivity contribution is 8.27. The Labute approximate surface area is 161 Å². The summed E-state index contributed by atoms with van der Waals surface area (Å²) in [6.07, 6.45) is -3.02. The topological polar surface area (TPSA) is 57.6 Å². The van der Waals surface area contributed by atoms with Crippen molar-refractivity contribution in [2.75, 3.05) is 4.90 Å². The van der Waals surface area contributed by atoms with Gasteiger partial charge in [0.15, 0.2) is 4.32 Å². The van der Waals surface area contributed by atoms with Gasteiger partial charge in [0.05, 0.1) is 21.7 Å². The molecule has 1 amide bonds. The summed E-state index contributed by atoms with van der Waals surface area (Å²) in [6, 6.07) is 10.2. The lowest BCUT2D eigenvalue weighted by atomic mass is 10.1. The zero-order valence-electron chi connectivity index (χ0n) is 13.4. The fourth-order valence-corrected chi connectivity index (χ4v) is 3.68. The van der Waals surface area contributed by atoms with Gasteiger partial charge in [-0.05, 0) is 42.0 Å². The summed E-state index contributed by atoms with van der Waals surface area (Å²) in [6.45, 7) is 0. The van der Waals surface area contributed by atoms with Crippen LogP contribution in [0.3, 0.4) is 0 Å². The van der Waals surface area contributed by atoms with Crippen molar-refractivity contribution in [3.05, 3.63) is 70.1 Å². The molecule has 9 heteroatoms. The summed E-state index contributed by atoms with van der Waals surface area (Å²) >= 11 is 6.12. The normalized spacial score (nSPS) is 16.3. The molecule has 1 aliphatic heterocycles. The molecule has 0 unspecified atom stereocenters. The summed E-state index contributed by atoms with van der Waals surface area (Å²) in [4.78, 5) is 24.8. The van der Waals surface area contributed by atoms with Crippen LogP contribution in [-0.2, 0) is 11.0 Å².